The number of aromatic nitrogens is 1. The van der Waals surface area contributed by atoms with Gasteiger partial charge in [-0.05, 0) is 51.4 Å². The third-order valence-corrected chi connectivity index (χ3v) is 4.40. The van der Waals surface area contributed by atoms with Crippen molar-refractivity contribution in [2.24, 2.45) is 0 Å². The molecule has 1 N–H and O–H groups in total. The molecule has 2 amide bonds. The average Bonchev–Trinajstić information content (AvgIpc) is 3.20. The molecule has 2 aliphatic rings. The highest BCUT2D eigenvalue weighted by atomic mass is 16.5. The lowest BCUT2D eigenvalue weighted by Crippen LogP contribution is -2.38. The van der Waals surface area contributed by atoms with E-state index in [0.717, 1.165) is 19.5 Å². The Balaban J connectivity index is 1.58. The van der Waals surface area contributed by atoms with E-state index >= 15 is 0 Å². The van der Waals surface area contributed by atoms with Crippen molar-refractivity contribution in [3.63, 3.8) is 0 Å². The largest absolute Gasteiger partial charge is 0.476 e. The number of ether oxygens (including phenoxy) is 1. The van der Waals surface area contributed by atoms with Gasteiger partial charge in [0.1, 0.15) is 5.69 Å². The van der Waals surface area contributed by atoms with Crippen molar-refractivity contribution in [2.75, 3.05) is 38.1 Å². The molecule has 1 aromatic heterocycles. The average molecular weight is 304 g/mol. The number of likely N-dealkylation sites (tertiary alicyclic amines) is 2. The van der Waals surface area contributed by atoms with Crippen molar-refractivity contribution in [3.8, 4) is 5.88 Å². The third kappa shape index (κ3) is 3.32. The second-order valence-electron chi connectivity index (χ2n) is 5.85. The van der Waals surface area contributed by atoms with Crippen LogP contribution in [0, 0.1) is 0 Å². The molecule has 0 aliphatic carbocycles. The number of nitrogens with one attached hydrogen (secondary N) is 1. The molecule has 22 heavy (non-hydrogen) atoms. The van der Waals surface area contributed by atoms with E-state index in [4.69, 9.17) is 4.74 Å². The minimum atomic E-state index is -0.0596. The molecule has 2 aliphatic heterocycles. The van der Waals surface area contributed by atoms with Gasteiger partial charge in [-0.25, -0.2) is 9.78 Å². The monoisotopic (exact) mass is 304 g/mol. The maximum atomic E-state index is 12.4. The maximum absolute atomic E-state index is 12.4. The number of hydrogen-bond acceptors (Lipinski definition) is 4. The molecule has 0 bridgehead atoms. The van der Waals surface area contributed by atoms with E-state index in [1.807, 2.05) is 17.9 Å². The predicted octanol–water partition coefficient (Wildman–Crippen LogP) is 2.18. The first kappa shape index (κ1) is 15.1. The first-order chi connectivity index (χ1) is 10.8. The molecule has 120 valence electrons. The molecule has 0 unspecified atom stereocenters. The summed E-state index contributed by atoms with van der Waals surface area (Å²) in [4.78, 5) is 21.0. The lowest BCUT2D eigenvalue weighted by Gasteiger charge is -2.23. The zero-order valence-corrected chi connectivity index (χ0v) is 13.1. The molecule has 1 atom stereocenters. The van der Waals surface area contributed by atoms with Crippen molar-refractivity contribution in [1.82, 2.24) is 14.8 Å². The molecule has 0 spiro atoms. The standard InChI is InChI=1S/C16H24N4O2/c1-2-22-15-14(6-5-8-17-15)18-16(21)20-11-7-13(12-20)19-9-3-4-10-19/h5-6,8,13H,2-4,7,9-12H2,1H3,(H,18,21)/t13-/m0/s1. The zero-order valence-electron chi connectivity index (χ0n) is 13.1. The Morgan fingerprint density at radius 1 is 1.41 bits per heavy atom. The van der Waals surface area contributed by atoms with E-state index in [1.54, 1.807) is 12.3 Å². The van der Waals surface area contributed by atoms with Crippen molar-refractivity contribution in [1.29, 1.82) is 0 Å². The Kier molecular flexibility index (Phi) is 4.77. The fourth-order valence-corrected chi connectivity index (χ4v) is 3.26. The SMILES string of the molecule is CCOc1ncccc1NC(=O)N1CC[C@H](N2CCCC2)C1. The molecule has 1 aromatic rings. The fraction of sp³-hybridized carbons (Fsp3) is 0.625. The fourth-order valence-electron chi connectivity index (χ4n) is 3.26. The number of nitrogens with zero attached hydrogens (tertiary/aromatic N) is 3. The molecular formula is C16H24N4O2. The van der Waals surface area contributed by atoms with E-state index < -0.39 is 0 Å². The molecule has 0 saturated carbocycles. The van der Waals surface area contributed by atoms with E-state index in [1.165, 1.54) is 25.9 Å². The summed E-state index contributed by atoms with van der Waals surface area (Å²) in [5.74, 6) is 0.480. The second kappa shape index (κ2) is 6.96. The summed E-state index contributed by atoms with van der Waals surface area (Å²) in [7, 11) is 0. The van der Waals surface area contributed by atoms with Gasteiger partial charge >= 0.3 is 6.03 Å². The Bertz CT molecular complexity index is 517. The molecular weight excluding hydrogens is 280 g/mol. The summed E-state index contributed by atoms with van der Waals surface area (Å²) in [6, 6.07) is 4.09. The predicted molar refractivity (Wildman–Crippen MR) is 85.2 cm³/mol. The summed E-state index contributed by atoms with van der Waals surface area (Å²) in [6.07, 6.45) is 5.31. The lowest BCUT2D eigenvalue weighted by molar-refractivity contribution is 0.210. The number of anilines is 1. The number of carbonyl (C=O) groups is 1. The third-order valence-electron chi connectivity index (χ3n) is 4.40. The van der Waals surface area contributed by atoms with Gasteiger partial charge in [0, 0.05) is 25.3 Å². The van der Waals surface area contributed by atoms with Crippen LogP contribution in [0.4, 0.5) is 10.5 Å². The van der Waals surface area contributed by atoms with Crippen LogP contribution in [-0.2, 0) is 0 Å². The van der Waals surface area contributed by atoms with Gasteiger partial charge < -0.3 is 15.0 Å². The highest BCUT2D eigenvalue weighted by Crippen LogP contribution is 2.24. The summed E-state index contributed by atoms with van der Waals surface area (Å²) in [6.45, 7) is 6.42. The van der Waals surface area contributed by atoms with Crippen LogP contribution in [0.5, 0.6) is 5.88 Å². The number of carbonyl (C=O) groups excluding carboxylic acids is 1. The van der Waals surface area contributed by atoms with Crippen molar-refractivity contribution >= 4 is 11.7 Å². The minimum Gasteiger partial charge on any atom is -0.476 e. The quantitative estimate of drug-likeness (QED) is 0.926. The van der Waals surface area contributed by atoms with Crippen LogP contribution in [0.15, 0.2) is 18.3 Å². The molecule has 0 aromatic carbocycles. The second-order valence-corrected chi connectivity index (χ2v) is 5.85. The van der Waals surface area contributed by atoms with E-state index in [2.05, 4.69) is 15.2 Å². The summed E-state index contributed by atoms with van der Waals surface area (Å²) >= 11 is 0. The van der Waals surface area contributed by atoms with Crippen LogP contribution in [0.25, 0.3) is 0 Å². The Morgan fingerprint density at radius 3 is 3.00 bits per heavy atom. The van der Waals surface area contributed by atoms with E-state index in [0.29, 0.717) is 24.2 Å². The molecule has 6 heteroatoms. The summed E-state index contributed by atoms with van der Waals surface area (Å²) < 4.78 is 5.45. The molecule has 6 nitrogen and oxygen atoms in total. The normalized spacial score (nSPS) is 22.0. The summed E-state index contributed by atoms with van der Waals surface area (Å²) in [5, 5.41) is 2.93. The Hall–Kier alpha value is -1.82. The number of urea groups is 1. The molecule has 0 radical (unpaired) electrons. The number of rotatable bonds is 4. The van der Waals surface area contributed by atoms with Gasteiger partial charge in [-0.2, -0.15) is 0 Å². The molecule has 2 fully saturated rings. The van der Waals surface area contributed by atoms with Crippen molar-refractivity contribution in [3.05, 3.63) is 18.3 Å². The van der Waals surface area contributed by atoms with Crippen molar-refractivity contribution < 1.29 is 9.53 Å². The first-order valence-electron chi connectivity index (χ1n) is 8.15. The van der Waals surface area contributed by atoms with Gasteiger partial charge in [0.25, 0.3) is 0 Å². The van der Waals surface area contributed by atoms with Crippen LogP contribution in [0.3, 0.4) is 0 Å². The van der Waals surface area contributed by atoms with Crippen LogP contribution in [-0.4, -0.2) is 59.6 Å². The molecule has 3 rings (SSSR count). The zero-order chi connectivity index (χ0) is 15.4. The maximum Gasteiger partial charge on any atom is 0.322 e. The topological polar surface area (TPSA) is 57.7 Å². The summed E-state index contributed by atoms with van der Waals surface area (Å²) in [5.41, 5.74) is 0.638. The number of hydrogen-bond donors (Lipinski definition) is 1. The number of amides is 2. The van der Waals surface area contributed by atoms with E-state index in [-0.39, 0.29) is 6.03 Å². The minimum absolute atomic E-state index is 0.0596. The van der Waals surface area contributed by atoms with Crippen LogP contribution in [0.1, 0.15) is 26.2 Å². The van der Waals surface area contributed by atoms with Gasteiger partial charge in [0.2, 0.25) is 5.88 Å². The first-order valence-corrected chi connectivity index (χ1v) is 8.15. The van der Waals surface area contributed by atoms with Gasteiger partial charge in [-0.1, -0.05) is 0 Å². The van der Waals surface area contributed by atoms with E-state index in [9.17, 15) is 4.79 Å². The van der Waals surface area contributed by atoms with Gasteiger partial charge in [0.15, 0.2) is 0 Å². The lowest BCUT2D eigenvalue weighted by atomic mass is 10.2. The van der Waals surface area contributed by atoms with Crippen LogP contribution < -0.4 is 10.1 Å². The Labute approximate surface area is 131 Å². The van der Waals surface area contributed by atoms with Gasteiger partial charge in [0.05, 0.1) is 6.61 Å². The van der Waals surface area contributed by atoms with Crippen LogP contribution >= 0.6 is 0 Å². The number of pyridine rings is 1. The van der Waals surface area contributed by atoms with Crippen LogP contribution in [0.2, 0.25) is 0 Å². The highest BCUT2D eigenvalue weighted by molar-refractivity contribution is 5.90. The Morgan fingerprint density at radius 2 is 2.23 bits per heavy atom. The smallest absolute Gasteiger partial charge is 0.322 e. The molecule has 2 saturated heterocycles. The molecule has 3 heterocycles. The van der Waals surface area contributed by atoms with Gasteiger partial charge in [-0.3, -0.25) is 4.90 Å². The van der Waals surface area contributed by atoms with Crippen molar-refractivity contribution in [2.45, 2.75) is 32.2 Å². The van der Waals surface area contributed by atoms with Gasteiger partial charge in [-0.15, -0.1) is 0 Å². The highest BCUT2D eigenvalue weighted by Gasteiger charge is 2.31.